The molecule has 2 amide bonds. The first kappa shape index (κ1) is 14.8. The predicted molar refractivity (Wildman–Crippen MR) is 66.4 cm³/mol. The fourth-order valence-electron chi connectivity index (χ4n) is 2.15. The first-order chi connectivity index (χ1) is 8.58. The minimum absolute atomic E-state index is 0.201. The van der Waals surface area contributed by atoms with Crippen molar-refractivity contribution in [2.24, 2.45) is 5.92 Å². The molecule has 1 aliphatic rings. The number of hydrogen-bond donors (Lipinski definition) is 3. The van der Waals surface area contributed by atoms with Crippen molar-refractivity contribution in [3.05, 3.63) is 0 Å². The number of ether oxygens (including phenoxy) is 1. The zero-order valence-corrected chi connectivity index (χ0v) is 10.9. The minimum Gasteiger partial charge on any atom is -0.480 e. The molecule has 0 saturated carbocycles. The fourth-order valence-corrected chi connectivity index (χ4v) is 2.15. The van der Waals surface area contributed by atoms with Gasteiger partial charge in [-0.2, -0.15) is 0 Å². The highest BCUT2D eigenvalue weighted by Crippen LogP contribution is 2.22. The number of urea groups is 1. The van der Waals surface area contributed by atoms with E-state index in [2.05, 4.69) is 17.6 Å². The second kappa shape index (κ2) is 7.20. The van der Waals surface area contributed by atoms with Gasteiger partial charge in [0, 0.05) is 19.1 Å². The van der Waals surface area contributed by atoms with Crippen LogP contribution in [-0.4, -0.2) is 42.4 Å². The molecule has 1 fully saturated rings. The number of hydrogen-bond acceptors (Lipinski definition) is 3. The van der Waals surface area contributed by atoms with Crippen LogP contribution in [-0.2, 0) is 9.53 Å². The van der Waals surface area contributed by atoms with Crippen LogP contribution in [0.3, 0.4) is 0 Å². The van der Waals surface area contributed by atoms with E-state index in [9.17, 15) is 9.59 Å². The third kappa shape index (κ3) is 4.18. The van der Waals surface area contributed by atoms with Gasteiger partial charge in [-0.15, -0.1) is 0 Å². The zero-order valence-electron chi connectivity index (χ0n) is 10.9. The van der Waals surface area contributed by atoms with Crippen molar-refractivity contribution in [1.29, 1.82) is 0 Å². The van der Waals surface area contributed by atoms with Gasteiger partial charge in [-0.25, -0.2) is 9.59 Å². The van der Waals surface area contributed by atoms with Crippen LogP contribution in [0.1, 0.15) is 33.1 Å². The molecule has 1 saturated heterocycles. The SMILES string of the molecule is CCC1OCCC1CNC(=O)N[C@H](CC)C(=O)O. The second-order valence-electron chi connectivity index (χ2n) is 4.52. The lowest BCUT2D eigenvalue weighted by Gasteiger charge is -2.18. The molecule has 0 aliphatic carbocycles. The fraction of sp³-hybridized carbons (Fsp3) is 0.833. The summed E-state index contributed by atoms with van der Waals surface area (Å²) in [5, 5.41) is 14.0. The number of aliphatic carboxylic acids is 1. The highest BCUT2D eigenvalue weighted by molar-refractivity contribution is 5.82. The highest BCUT2D eigenvalue weighted by atomic mass is 16.5. The molecule has 18 heavy (non-hydrogen) atoms. The molecule has 0 bridgehead atoms. The van der Waals surface area contributed by atoms with Gasteiger partial charge in [0.2, 0.25) is 0 Å². The standard InChI is InChI=1S/C12H22N2O4/c1-3-9(11(15)16)14-12(17)13-7-8-5-6-18-10(8)4-2/h8-10H,3-7H2,1-2H3,(H,15,16)(H2,13,14,17)/t8?,9-,10?/m1/s1. The number of carboxylic acid groups (broad SMARTS) is 1. The van der Waals surface area contributed by atoms with Gasteiger partial charge in [0.1, 0.15) is 6.04 Å². The largest absolute Gasteiger partial charge is 0.480 e. The van der Waals surface area contributed by atoms with E-state index in [1.165, 1.54) is 0 Å². The van der Waals surface area contributed by atoms with Crippen molar-refractivity contribution in [3.63, 3.8) is 0 Å². The Balaban J connectivity index is 2.30. The van der Waals surface area contributed by atoms with Gasteiger partial charge >= 0.3 is 12.0 Å². The molecule has 0 aromatic heterocycles. The number of carboxylic acids is 1. The Kier molecular flexibility index (Phi) is 5.91. The normalized spacial score (nSPS) is 24.6. The summed E-state index contributed by atoms with van der Waals surface area (Å²) in [5.41, 5.74) is 0. The van der Waals surface area contributed by atoms with Gasteiger partial charge in [0.25, 0.3) is 0 Å². The molecular weight excluding hydrogens is 236 g/mol. The van der Waals surface area contributed by atoms with Crippen molar-refractivity contribution >= 4 is 12.0 Å². The summed E-state index contributed by atoms with van der Waals surface area (Å²) < 4.78 is 5.52. The Labute approximate surface area is 107 Å². The molecule has 1 aliphatic heterocycles. The summed E-state index contributed by atoms with van der Waals surface area (Å²) in [6.07, 6.45) is 2.44. The molecule has 3 N–H and O–H groups in total. The number of carbonyl (C=O) groups is 2. The quantitative estimate of drug-likeness (QED) is 0.662. The Morgan fingerprint density at radius 2 is 2.17 bits per heavy atom. The molecule has 3 atom stereocenters. The monoisotopic (exact) mass is 258 g/mol. The predicted octanol–water partition coefficient (Wildman–Crippen LogP) is 0.964. The maximum atomic E-state index is 11.5. The van der Waals surface area contributed by atoms with Crippen LogP contribution in [0.4, 0.5) is 4.79 Å². The molecule has 1 rings (SSSR count). The topological polar surface area (TPSA) is 87.7 Å². The van der Waals surface area contributed by atoms with Gasteiger partial charge in [-0.3, -0.25) is 0 Å². The van der Waals surface area contributed by atoms with Crippen molar-refractivity contribution in [3.8, 4) is 0 Å². The third-order valence-electron chi connectivity index (χ3n) is 3.29. The van der Waals surface area contributed by atoms with Gasteiger partial charge in [0.05, 0.1) is 6.10 Å². The van der Waals surface area contributed by atoms with Crippen LogP contribution < -0.4 is 10.6 Å². The number of rotatable bonds is 6. The first-order valence-electron chi connectivity index (χ1n) is 6.47. The van der Waals surface area contributed by atoms with Crippen LogP contribution in [0.15, 0.2) is 0 Å². The Bertz CT molecular complexity index is 296. The molecule has 1 heterocycles. The first-order valence-corrected chi connectivity index (χ1v) is 6.47. The van der Waals surface area contributed by atoms with E-state index in [1.807, 2.05) is 0 Å². The van der Waals surface area contributed by atoms with E-state index in [0.717, 1.165) is 19.4 Å². The summed E-state index contributed by atoms with van der Waals surface area (Å²) in [6.45, 7) is 5.04. The minimum atomic E-state index is -1.01. The Morgan fingerprint density at radius 3 is 2.72 bits per heavy atom. The smallest absolute Gasteiger partial charge is 0.326 e. The van der Waals surface area contributed by atoms with Crippen LogP contribution >= 0.6 is 0 Å². The molecule has 6 nitrogen and oxygen atoms in total. The average Bonchev–Trinajstić information content (AvgIpc) is 2.80. The number of nitrogens with one attached hydrogen (secondary N) is 2. The molecule has 0 aromatic rings. The molecule has 104 valence electrons. The van der Waals surface area contributed by atoms with Crippen LogP contribution in [0.5, 0.6) is 0 Å². The molecule has 0 aromatic carbocycles. The van der Waals surface area contributed by atoms with Crippen LogP contribution in [0, 0.1) is 5.92 Å². The lowest BCUT2D eigenvalue weighted by atomic mass is 10.00. The van der Waals surface area contributed by atoms with Crippen molar-refractivity contribution < 1.29 is 19.4 Å². The summed E-state index contributed by atoms with van der Waals surface area (Å²) in [6, 6.07) is -1.25. The van der Waals surface area contributed by atoms with E-state index in [-0.39, 0.29) is 6.10 Å². The second-order valence-corrected chi connectivity index (χ2v) is 4.52. The molecule has 0 radical (unpaired) electrons. The van der Waals surface area contributed by atoms with Crippen LogP contribution in [0.25, 0.3) is 0 Å². The van der Waals surface area contributed by atoms with Crippen molar-refractivity contribution in [1.82, 2.24) is 10.6 Å². The number of amides is 2. The zero-order chi connectivity index (χ0) is 13.5. The maximum Gasteiger partial charge on any atom is 0.326 e. The maximum absolute atomic E-state index is 11.5. The molecule has 0 spiro atoms. The van der Waals surface area contributed by atoms with Gasteiger partial charge in [-0.1, -0.05) is 13.8 Å². The highest BCUT2D eigenvalue weighted by Gasteiger charge is 2.27. The summed E-state index contributed by atoms with van der Waals surface area (Å²) in [4.78, 5) is 22.3. The Hall–Kier alpha value is -1.30. The number of carbonyl (C=O) groups excluding carboxylic acids is 1. The van der Waals surface area contributed by atoms with Gasteiger partial charge in [0.15, 0.2) is 0 Å². The van der Waals surface area contributed by atoms with Crippen molar-refractivity contribution in [2.45, 2.75) is 45.3 Å². The van der Waals surface area contributed by atoms with Crippen LogP contribution in [0.2, 0.25) is 0 Å². The molecule has 6 heteroatoms. The van der Waals surface area contributed by atoms with Crippen molar-refractivity contribution in [2.75, 3.05) is 13.2 Å². The third-order valence-corrected chi connectivity index (χ3v) is 3.29. The van der Waals surface area contributed by atoms with Gasteiger partial charge < -0.3 is 20.5 Å². The molecular formula is C12H22N2O4. The van der Waals surface area contributed by atoms with E-state index in [4.69, 9.17) is 9.84 Å². The van der Waals surface area contributed by atoms with E-state index in [0.29, 0.717) is 18.9 Å². The average molecular weight is 258 g/mol. The Morgan fingerprint density at radius 1 is 1.44 bits per heavy atom. The van der Waals surface area contributed by atoms with E-state index in [1.54, 1.807) is 6.92 Å². The summed E-state index contributed by atoms with van der Waals surface area (Å²) >= 11 is 0. The molecule has 2 unspecified atom stereocenters. The lowest BCUT2D eigenvalue weighted by Crippen LogP contribution is -2.47. The summed E-state index contributed by atoms with van der Waals surface area (Å²) in [5.74, 6) is -0.686. The van der Waals surface area contributed by atoms with E-state index >= 15 is 0 Å². The lowest BCUT2D eigenvalue weighted by molar-refractivity contribution is -0.139. The van der Waals surface area contributed by atoms with Gasteiger partial charge in [-0.05, 0) is 19.3 Å². The van der Waals surface area contributed by atoms with E-state index < -0.39 is 18.0 Å². The summed E-state index contributed by atoms with van der Waals surface area (Å²) in [7, 11) is 0.